The molecule has 0 aliphatic heterocycles. The number of carbonyl (C=O) groups excluding carboxylic acids is 1. The van der Waals surface area contributed by atoms with Crippen LogP contribution in [0.2, 0.25) is 10.0 Å². The van der Waals surface area contributed by atoms with Crippen LogP contribution in [0.4, 0.5) is 10.1 Å². The summed E-state index contributed by atoms with van der Waals surface area (Å²) in [5, 5.41) is 8.19. The number of carbonyl (C=O) groups is 1. The maximum absolute atomic E-state index is 12.3. The van der Waals surface area contributed by atoms with Gasteiger partial charge in [-0.3, -0.25) is 4.79 Å². The van der Waals surface area contributed by atoms with E-state index in [2.05, 4.69) is 16.0 Å². The minimum atomic E-state index is -1.96. The molecule has 1 atom stereocenters. The first kappa shape index (κ1) is 19.8. The maximum Gasteiger partial charge on any atom is 0.253 e. The zero-order valence-electron chi connectivity index (χ0n) is 10.6. The third-order valence-electron chi connectivity index (χ3n) is 2.21. The number of anilines is 1. The lowest BCUT2D eigenvalue weighted by atomic mass is 10.3. The highest BCUT2D eigenvalue weighted by molar-refractivity contribution is 7.80. The Morgan fingerprint density at radius 3 is 2.41 bits per heavy atom. The molecular weight excluding hydrogens is 418 g/mol. The SMILES string of the molecule is O=C(CF)N[C@H](NC(=S)Nc1ccc(Cl)cc1Cl)C(Cl)(Cl)Cl. The van der Waals surface area contributed by atoms with Crippen molar-refractivity contribution < 1.29 is 9.18 Å². The lowest BCUT2D eigenvalue weighted by Gasteiger charge is -2.27. The number of hydrogen-bond donors (Lipinski definition) is 3. The van der Waals surface area contributed by atoms with Crippen molar-refractivity contribution in [1.82, 2.24) is 10.6 Å². The van der Waals surface area contributed by atoms with Crippen molar-refractivity contribution in [3.8, 4) is 0 Å². The number of amides is 1. The number of benzene rings is 1. The Balaban J connectivity index is 2.76. The van der Waals surface area contributed by atoms with Crippen LogP contribution >= 0.6 is 70.2 Å². The Bertz CT molecular complexity index is 569. The Labute approximate surface area is 156 Å². The van der Waals surface area contributed by atoms with E-state index in [4.69, 9.17) is 70.2 Å². The standard InChI is InChI=1S/C11H9Cl5FN3OS/c12-5-1-2-7(6(13)3-5)18-10(22)20-9(11(14,15)16)19-8(21)4-17/h1-3,9H,4H2,(H,19,21)(H2,18,20,22)/t9-/m1/s1. The molecule has 0 aliphatic rings. The first-order chi connectivity index (χ1) is 10.1. The molecule has 3 N–H and O–H groups in total. The summed E-state index contributed by atoms with van der Waals surface area (Å²) >= 11 is 33.9. The smallest absolute Gasteiger partial charge is 0.253 e. The Morgan fingerprint density at radius 2 is 1.91 bits per heavy atom. The monoisotopic (exact) mass is 425 g/mol. The number of hydrogen-bond acceptors (Lipinski definition) is 2. The van der Waals surface area contributed by atoms with Gasteiger partial charge < -0.3 is 16.0 Å². The third kappa shape index (κ3) is 6.48. The van der Waals surface area contributed by atoms with E-state index in [0.29, 0.717) is 15.7 Å². The number of alkyl halides is 4. The summed E-state index contributed by atoms with van der Waals surface area (Å²) < 4.78 is 10.3. The highest BCUT2D eigenvalue weighted by Crippen LogP contribution is 2.29. The molecule has 11 heteroatoms. The molecule has 122 valence electrons. The van der Waals surface area contributed by atoms with Crippen molar-refractivity contribution in [3.63, 3.8) is 0 Å². The maximum atomic E-state index is 12.3. The Kier molecular flexibility index (Phi) is 7.71. The quantitative estimate of drug-likeness (QED) is 0.385. The number of rotatable bonds is 4. The van der Waals surface area contributed by atoms with E-state index in [1.165, 1.54) is 6.07 Å². The van der Waals surface area contributed by atoms with Crippen molar-refractivity contribution in [2.75, 3.05) is 12.0 Å². The Hall–Kier alpha value is -0.240. The number of nitrogens with one attached hydrogen (secondary N) is 3. The van der Waals surface area contributed by atoms with Gasteiger partial charge in [-0.15, -0.1) is 0 Å². The highest BCUT2D eigenvalue weighted by Gasteiger charge is 2.34. The minimum absolute atomic E-state index is 0.000273. The second-order valence-corrected chi connectivity index (χ2v) is 7.52. The summed E-state index contributed by atoms with van der Waals surface area (Å²) in [6, 6.07) is 4.68. The molecule has 1 amide bonds. The lowest BCUT2D eigenvalue weighted by molar-refractivity contribution is -0.122. The van der Waals surface area contributed by atoms with Gasteiger partial charge in [0.2, 0.25) is 3.79 Å². The molecule has 1 rings (SSSR count). The zero-order valence-corrected chi connectivity index (χ0v) is 15.2. The largest absolute Gasteiger partial charge is 0.339 e. The van der Waals surface area contributed by atoms with E-state index >= 15 is 0 Å². The van der Waals surface area contributed by atoms with Gasteiger partial charge >= 0.3 is 0 Å². The first-order valence-electron chi connectivity index (χ1n) is 5.58. The molecule has 22 heavy (non-hydrogen) atoms. The fourth-order valence-electron chi connectivity index (χ4n) is 1.28. The van der Waals surface area contributed by atoms with Crippen LogP contribution in [0.25, 0.3) is 0 Å². The summed E-state index contributed by atoms with van der Waals surface area (Å²) in [6.07, 6.45) is -1.24. The summed E-state index contributed by atoms with van der Waals surface area (Å²) in [5.74, 6) is -0.962. The van der Waals surface area contributed by atoms with Gasteiger partial charge in [0, 0.05) is 5.02 Å². The van der Waals surface area contributed by atoms with Gasteiger partial charge in [-0.1, -0.05) is 58.0 Å². The number of thiocarbonyl (C=S) groups is 1. The zero-order chi connectivity index (χ0) is 16.9. The fraction of sp³-hybridized carbons (Fsp3) is 0.273. The molecule has 0 saturated heterocycles. The topological polar surface area (TPSA) is 53.2 Å². The number of halogens is 6. The Morgan fingerprint density at radius 1 is 1.27 bits per heavy atom. The molecule has 1 aromatic rings. The van der Waals surface area contributed by atoms with Gasteiger partial charge in [0.25, 0.3) is 5.91 Å². The minimum Gasteiger partial charge on any atom is -0.339 e. The van der Waals surface area contributed by atoms with E-state index < -0.39 is 22.5 Å². The van der Waals surface area contributed by atoms with Crippen molar-refractivity contribution in [1.29, 1.82) is 0 Å². The molecule has 0 fully saturated rings. The molecular formula is C11H9Cl5FN3OS. The van der Waals surface area contributed by atoms with Crippen LogP contribution in [0.15, 0.2) is 18.2 Å². The second-order valence-electron chi connectivity index (χ2n) is 3.90. The molecule has 1 aromatic carbocycles. The van der Waals surface area contributed by atoms with Crippen LogP contribution < -0.4 is 16.0 Å². The summed E-state index contributed by atoms with van der Waals surface area (Å²) in [7, 11) is 0. The average Bonchev–Trinajstić information content (AvgIpc) is 2.40. The molecule has 0 heterocycles. The summed E-state index contributed by atoms with van der Waals surface area (Å²) in [4.78, 5) is 11.1. The van der Waals surface area contributed by atoms with Crippen LogP contribution in [0.5, 0.6) is 0 Å². The molecule has 0 aliphatic carbocycles. The van der Waals surface area contributed by atoms with Gasteiger partial charge in [0.1, 0.15) is 6.17 Å². The highest BCUT2D eigenvalue weighted by atomic mass is 35.6. The van der Waals surface area contributed by atoms with Gasteiger partial charge in [-0.25, -0.2) is 4.39 Å². The van der Waals surface area contributed by atoms with Crippen LogP contribution in [0, 0.1) is 0 Å². The van der Waals surface area contributed by atoms with Gasteiger partial charge in [-0.2, -0.15) is 0 Å². The van der Waals surface area contributed by atoms with E-state index in [0.717, 1.165) is 0 Å². The summed E-state index contributed by atoms with van der Waals surface area (Å²) in [5.41, 5.74) is 0.448. The van der Waals surface area contributed by atoms with Crippen LogP contribution in [-0.4, -0.2) is 27.7 Å². The third-order valence-corrected chi connectivity index (χ3v) is 3.63. The molecule has 0 saturated carbocycles. The predicted molar refractivity (Wildman–Crippen MR) is 94.0 cm³/mol. The van der Waals surface area contributed by atoms with Gasteiger partial charge in [-0.05, 0) is 30.4 Å². The lowest BCUT2D eigenvalue weighted by Crippen LogP contribution is -2.56. The second kappa shape index (κ2) is 8.57. The normalized spacial score (nSPS) is 12.5. The van der Waals surface area contributed by atoms with E-state index in [1.807, 2.05) is 0 Å². The van der Waals surface area contributed by atoms with Crippen LogP contribution in [0.1, 0.15) is 0 Å². The van der Waals surface area contributed by atoms with E-state index in [1.54, 1.807) is 12.1 Å². The predicted octanol–water partition coefficient (Wildman–Crippen LogP) is 4.06. The van der Waals surface area contributed by atoms with Crippen molar-refractivity contribution in [2.24, 2.45) is 0 Å². The molecule has 0 unspecified atom stereocenters. The average molecular weight is 428 g/mol. The van der Waals surface area contributed by atoms with E-state index in [9.17, 15) is 9.18 Å². The van der Waals surface area contributed by atoms with E-state index in [-0.39, 0.29) is 5.11 Å². The van der Waals surface area contributed by atoms with Crippen LogP contribution in [-0.2, 0) is 4.79 Å². The molecule has 0 spiro atoms. The molecule has 4 nitrogen and oxygen atoms in total. The van der Waals surface area contributed by atoms with Crippen molar-refractivity contribution >= 4 is 86.9 Å². The van der Waals surface area contributed by atoms with Gasteiger partial charge in [0.05, 0.1) is 10.7 Å². The molecule has 0 bridgehead atoms. The first-order valence-corrected chi connectivity index (χ1v) is 7.88. The van der Waals surface area contributed by atoms with Crippen molar-refractivity contribution in [3.05, 3.63) is 28.2 Å². The van der Waals surface area contributed by atoms with Crippen molar-refractivity contribution in [2.45, 2.75) is 9.96 Å². The fourth-order valence-corrected chi connectivity index (χ4v) is 2.29. The summed E-state index contributed by atoms with van der Waals surface area (Å²) in [6.45, 7) is -1.26. The van der Waals surface area contributed by atoms with Crippen LogP contribution in [0.3, 0.4) is 0 Å². The molecule has 0 radical (unpaired) electrons. The molecule has 0 aromatic heterocycles. The van der Waals surface area contributed by atoms with Gasteiger partial charge in [0.15, 0.2) is 11.8 Å².